The number of carboxylic acids is 1. The second-order valence-corrected chi connectivity index (χ2v) is 4.86. The lowest BCUT2D eigenvalue weighted by Crippen LogP contribution is -2.46. The number of morpholine rings is 1. The highest BCUT2D eigenvalue weighted by molar-refractivity contribution is 5.76. The second-order valence-electron chi connectivity index (χ2n) is 4.86. The summed E-state index contributed by atoms with van der Waals surface area (Å²) < 4.78 is 5.46. The van der Waals surface area contributed by atoms with Gasteiger partial charge < -0.3 is 14.7 Å². The molecule has 17 heavy (non-hydrogen) atoms. The summed E-state index contributed by atoms with van der Waals surface area (Å²) in [6.07, 6.45) is 0.986. The molecule has 0 aromatic carbocycles. The van der Waals surface area contributed by atoms with Gasteiger partial charge in [0, 0.05) is 25.9 Å². The van der Waals surface area contributed by atoms with E-state index < -0.39 is 5.97 Å². The number of carboxylic acid groups (broad SMARTS) is 1. The third-order valence-corrected chi connectivity index (χ3v) is 2.75. The summed E-state index contributed by atoms with van der Waals surface area (Å²) >= 11 is 0. The number of hydrogen-bond acceptors (Lipinski definition) is 3. The Morgan fingerprint density at radius 1 is 1.47 bits per heavy atom. The third-order valence-electron chi connectivity index (χ3n) is 2.75. The van der Waals surface area contributed by atoms with E-state index in [4.69, 9.17) is 9.84 Å². The highest BCUT2D eigenvalue weighted by Gasteiger charge is 2.24. The molecule has 1 atom stereocenters. The van der Waals surface area contributed by atoms with Gasteiger partial charge in [-0.3, -0.25) is 9.59 Å². The van der Waals surface area contributed by atoms with Gasteiger partial charge in [0.2, 0.25) is 5.91 Å². The summed E-state index contributed by atoms with van der Waals surface area (Å²) in [5, 5.41) is 8.60. The number of hydrogen-bond donors (Lipinski definition) is 1. The first-order chi connectivity index (χ1) is 7.99. The Balaban J connectivity index is 2.37. The van der Waals surface area contributed by atoms with Gasteiger partial charge >= 0.3 is 5.97 Å². The van der Waals surface area contributed by atoms with Crippen LogP contribution in [-0.4, -0.2) is 47.7 Å². The lowest BCUT2D eigenvalue weighted by Gasteiger charge is -2.33. The van der Waals surface area contributed by atoms with Crippen molar-refractivity contribution in [3.8, 4) is 0 Å². The SMILES string of the molecule is CC(C)CC(=O)N1CCOC(CCC(=O)O)C1. The van der Waals surface area contributed by atoms with Crippen LogP contribution in [-0.2, 0) is 14.3 Å². The average molecular weight is 243 g/mol. The minimum absolute atomic E-state index is 0.0941. The Morgan fingerprint density at radius 2 is 2.18 bits per heavy atom. The minimum Gasteiger partial charge on any atom is -0.481 e. The first kappa shape index (κ1) is 14.0. The van der Waals surface area contributed by atoms with E-state index >= 15 is 0 Å². The molecule has 1 unspecified atom stereocenters. The summed E-state index contributed by atoms with van der Waals surface area (Å²) in [4.78, 5) is 24.1. The second kappa shape index (κ2) is 6.59. The number of carbonyl (C=O) groups is 2. The first-order valence-electron chi connectivity index (χ1n) is 6.10. The molecule has 5 heteroatoms. The van der Waals surface area contributed by atoms with E-state index in [9.17, 15) is 9.59 Å². The highest BCUT2D eigenvalue weighted by Crippen LogP contribution is 2.13. The largest absolute Gasteiger partial charge is 0.481 e. The molecule has 1 rings (SSSR count). The molecule has 5 nitrogen and oxygen atoms in total. The molecule has 1 saturated heterocycles. The van der Waals surface area contributed by atoms with Crippen molar-refractivity contribution < 1.29 is 19.4 Å². The van der Waals surface area contributed by atoms with Crippen LogP contribution in [0.15, 0.2) is 0 Å². The molecule has 1 heterocycles. The van der Waals surface area contributed by atoms with E-state index in [2.05, 4.69) is 0 Å². The third kappa shape index (κ3) is 5.17. The van der Waals surface area contributed by atoms with Gasteiger partial charge in [0.15, 0.2) is 0 Å². The zero-order valence-corrected chi connectivity index (χ0v) is 10.5. The molecule has 0 spiro atoms. The molecule has 0 aromatic rings. The molecule has 1 fully saturated rings. The van der Waals surface area contributed by atoms with Gasteiger partial charge in [0.05, 0.1) is 12.7 Å². The number of carbonyl (C=O) groups excluding carboxylic acids is 1. The number of nitrogens with zero attached hydrogens (tertiary/aromatic N) is 1. The molecule has 1 amide bonds. The molecule has 1 aliphatic rings. The Labute approximate surface area is 102 Å². The minimum atomic E-state index is -0.820. The molecule has 0 radical (unpaired) electrons. The van der Waals surface area contributed by atoms with Crippen molar-refractivity contribution in [1.82, 2.24) is 4.90 Å². The van der Waals surface area contributed by atoms with Crippen LogP contribution < -0.4 is 0 Å². The molecule has 0 saturated carbocycles. The van der Waals surface area contributed by atoms with Crippen molar-refractivity contribution >= 4 is 11.9 Å². The van der Waals surface area contributed by atoms with E-state index in [1.165, 1.54) is 0 Å². The van der Waals surface area contributed by atoms with Crippen LogP contribution in [0, 0.1) is 5.92 Å². The van der Waals surface area contributed by atoms with Gasteiger partial charge in [-0.25, -0.2) is 0 Å². The highest BCUT2D eigenvalue weighted by atomic mass is 16.5. The quantitative estimate of drug-likeness (QED) is 0.786. The summed E-state index contributed by atoms with van der Waals surface area (Å²) in [6.45, 7) is 5.68. The Morgan fingerprint density at radius 3 is 2.76 bits per heavy atom. The van der Waals surface area contributed by atoms with E-state index in [0.717, 1.165) is 0 Å². The Hall–Kier alpha value is -1.10. The van der Waals surface area contributed by atoms with Crippen molar-refractivity contribution in [3.63, 3.8) is 0 Å². The fourth-order valence-electron chi connectivity index (χ4n) is 1.88. The Bertz CT molecular complexity index is 278. The van der Waals surface area contributed by atoms with Crippen molar-refractivity contribution in [2.24, 2.45) is 5.92 Å². The molecular weight excluding hydrogens is 222 g/mol. The molecule has 1 N–H and O–H groups in total. The lowest BCUT2D eigenvalue weighted by molar-refractivity contribution is -0.141. The number of aliphatic carboxylic acids is 1. The maximum absolute atomic E-state index is 11.8. The average Bonchev–Trinajstić information content (AvgIpc) is 2.26. The standard InChI is InChI=1S/C12H21NO4/c1-9(2)7-11(14)13-5-6-17-10(8-13)3-4-12(15)16/h9-10H,3-8H2,1-2H3,(H,15,16). The predicted molar refractivity (Wildman–Crippen MR) is 62.6 cm³/mol. The summed E-state index contributed by atoms with van der Waals surface area (Å²) in [6, 6.07) is 0. The van der Waals surface area contributed by atoms with Gasteiger partial charge in [0.25, 0.3) is 0 Å². The number of rotatable bonds is 5. The number of ether oxygens (including phenoxy) is 1. The normalized spacial score (nSPS) is 20.6. The van der Waals surface area contributed by atoms with Crippen LogP contribution >= 0.6 is 0 Å². The lowest BCUT2D eigenvalue weighted by atomic mass is 10.1. The van der Waals surface area contributed by atoms with Crippen molar-refractivity contribution in [3.05, 3.63) is 0 Å². The molecule has 0 aliphatic carbocycles. The molecule has 0 bridgehead atoms. The van der Waals surface area contributed by atoms with E-state index in [1.54, 1.807) is 4.90 Å². The first-order valence-corrected chi connectivity index (χ1v) is 6.10. The topological polar surface area (TPSA) is 66.8 Å². The maximum Gasteiger partial charge on any atom is 0.303 e. The molecule has 98 valence electrons. The number of amides is 1. The molecule has 1 aliphatic heterocycles. The van der Waals surface area contributed by atoms with E-state index in [1.807, 2.05) is 13.8 Å². The van der Waals surface area contributed by atoms with Crippen molar-refractivity contribution in [2.75, 3.05) is 19.7 Å². The summed E-state index contributed by atoms with van der Waals surface area (Å²) in [7, 11) is 0. The zero-order valence-electron chi connectivity index (χ0n) is 10.5. The molecule has 0 aromatic heterocycles. The maximum atomic E-state index is 11.8. The van der Waals surface area contributed by atoms with Crippen LogP contribution in [0.3, 0.4) is 0 Å². The van der Waals surface area contributed by atoms with Gasteiger partial charge in [-0.1, -0.05) is 13.8 Å². The van der Waals surface area contributed by atoms with Crippen molar-refractivity contribution in [2.45, 2.75) is 39.2 Å². The van der Waals surface area contributed by atoms with Crippen LogP contribution in [0.5, 0.6) is 0 Å². The fraction of sp³-hybridized carbons (Fsp3) is 0.833. The van der Waals surface area contributed by atoms with Gasteiger partial charge in [-0.15, -0.1) is 0 Å². The smallest absolute Gasteiger partial charge is 0.303 e. The molecular formula is C12H21NO4. The van der Waals surface area contributed by atoms with Gasteiger partial charge in [0.1, 0.15) is 0 Å². The predicted octanol–water partition coefficient (Wildman–Crippen LogP) is 1.12. The van der Waals surface area contributed by atoms with Gasteiger partial charge in [-0.05, 0) is 12.3 Å². The van der Waals surface area contributed by atoms with E-state index in [0.29, 0.717) is 38.5 Å². The monoisotopic (exact) mass is 243 g/mol. The van der Waals surface area contributed by atoms with Crippen LogP contribution in [0.2, 0.25) is 0 Å². The van der Waals surface area contributed by atoms with Crippen LogP contribution in [0.1, 0.15) is 33.1 Å². The van der Waals surface area contributed by atoms with E-state index in [-0.39, 0.29) is 18.4 Å². The van der Waals surface area contributed by atoms with Crippen molar-refractivity contribution in [1.29, 1.82) is 0 Å². The van der Waals surface area contributed by atoms with Crippen LogP contribution in [0.4, 0.5) is 0 Å². The van der Waals surface area contributed by atoms with Gasteiger partial charge in [-0.2, -0.15) is 0 Å². The summed E-state index contributed by atoms with van der Waals surface area (Å²) in [5.74, 6) is -0.328. The fourth-order valence-corrected chi connectivity index (χ4v) is 1.88. The van der Waals surface area contributed by atoms with Crippen LogP contribution in [0.25, 0.3) is 0 Å². The summed E-state index contributed by atoms with van der Waals surface area (Å²) in [5.41, 5.74) is 0. The Kier molecular flexibility index (Phi) is 5.41. The zero-order chi connectivity index (χ0) is 12.8.